The van der Waals surface area contributed by atoms with Gasteiger partial charge in [0.05, 0.1) is 5.69 Å². The van der Waals surface area contributed by atoms with Crippen molar-refractivity contribution in [3.8, 4) is 0 Å². The van der Waals surface area contributed by atoms with E-state index in [0.29, 0.717) is 11.2 Å². The van der Waals surface area contributed by atoms with E-state index in [1.54, 1.807) is 0 Å². The fraction of sp³-hybridized carbons (Fsp3) is 0.714. The largest absolute Gasteiger partial charge is 0.433 e. The maximum absolute atomic E-state index is 12.8. The second kappa shape index (κ2) is 8.17. The number of carbonyl (C=O) groups excluding carboxylic acids is 1. The highest BCUT2D eigenvalue weighted by Gasteiger charge is 2.35. The van der Waals surface area contributed by atoms with Crippen LogP contribution in [0, 0.1) is 6.92 Å². The summed E-state index contributed by atoms with van der Waals surface area (Å²) in [5.74, 6) is -0.465. The number of alkyl halides is 3. The molecule has 0 bridgehead atoms. The number of halogens is 3. The van der Waals surface area contributed by atoms with Gasteiger partial charge in [0, 0.05) is 6.54 Å². The molecule has 1 N–H and O–H groups in total. The van der Waals surface area contributed by atoms with Crippen molar-refractivity contribution in [1.82, 2.24) is 20.0 Å². The van der Waals surface area contributed by atoms with E-state index in [0.717, 1.165) is 32.1 Å². The standard InChI is InChI=1S/C14H23F3N4O/c1-4-20(5-2)8-6-7-18-13(22)10-21-12(14(15,16)17)9-11(3)19-21/h9H,4-8,10H2,1-3H3,(H,18,22). The van der Waals surface area contributed by atoms with Crippen molar-refractivity contribution in [3.63, 3.8) is 0 Å². The topological polar surface area (TPSA) is 50.2 Å². The molecule has 8 heteroatoms. The van der Waals surface area contributed by atoms with Crippen molar-refractivity contribution in [1.29, 1.82) is 0 Å². The first-order valence-electron chi connectivity index (χ1n) is 7.38. The number of nitrogens with zero attached hydrogens (tertiary/aromatic N) is 3. The van der Waals surface area contributed by atoms with Gasteiger partial charge in [-0.25, -0.2) is 0 Å². The molecule has 0 fully saturated rings. The monoisotopic (exact) mass is 320 g/mol. The maximum Gasteiger partial charge on any atom is 0.433 e. The van der Waals surface area contributed by atoms with E-state index in [-0.39, 0.29) is 5.69 Å². The molecule has 1 aromatic rings. The van der Waals surface area contributed by atoms with E-state index in [4.69, 9.17) is 0 Å². The third-order valence-electron chi connectivity index (χ3n) is 3.35. The van der Waals surface area contributed by atoms with E-state index < -0.39 is 24.3 Å². The van der Waals surface area contributed by atoms with E-state index in [9.17, 15) is 18.0 Å². The molecule has 1 amide bonds. The Kier molecular flexibility index (Phi) is 6.86. The first kappa shape index (κ1) is 18.5. The van der Waals surface area contributed by atoms with Crippen LogP contribution in [0.5, 0.6) is 0 Å². The van der Waals surface area contributed by atoms with E-state index in [2.05, 4.69) is 29.2 Å². The summed E-state index contributed by atoms with van der Waals surface area (Å²) < 4.78 is 39.1. The molecule has 1 rings (SSSR count). The molecular formula is C14H23F3N4O. The quantitative estimate of drug-likeness (QED) is 0.746. The van der Waals surface area contributed by atoms with Crippen LogP contribution in [0.25, 0.3) is 0 Å². The number of hydrogen-bond acceptors (Lipinski definition) is 3. The van der Waals surface area contributed by atoms with Gasteiger partial charge in [-0.15, -0.1) is 0 Å². The normalized spacial score (nSPS) is 12.0. The maximum atomic E-state index is 12.8. The summed E-state index contributed by atoms with van der Waals surface area (Å²) in [5.41, 5.74) is -0.662. The Morgan fingerprint density at radius 3 is 2.55 bits per heavy atom. The van der Waals surface area contributed by atoms with Gasteiger partial charge in [-0.05, 0) is 39.0 Å². The van der Waals surface area contributed by atoms with Crippen molar-refractivity contribution in [3.05, 3.63) is 17.5 Å². The summed E-state index contributed by atoms with van der Waals surface area (Å²) >= 11 is 0. The summed E-state index contributed by atoms with van der Waals surface area (Å²) in [5, 5.41) is 6.36. The fourth-order valence-corrected chi connectivity index (χ4v) is 2.16. The average molecular weight is 320 g/mol. The van der Waals surface area contributed by atoms with Crippen LogP contribution < -0.4 is 5.32 Å². The molecule has 0 aromatic carbocycles. The predicted molar refractivity (Wildman–Crippen MR) is 77.4 cm³/mol. The molecule has 1 heterocycles. The molecule has 126 valence electrons. The Morgan fingerprint density at radius 2 is 2.00 bits per heavy atom. The zero-order valence-electron chi connectivity index (χ0n) is 13.2. The lowest BCUT2D eigenvalue weighted by Crippen LogP contribution is -2.32. The van der Waals surface area contributed by atoms with Gasteiger partial charge >= 0.3 is 6.18 Å². The van der Waals surface area contributed by atoms with E-state index in [1.165, 1.54) is 6.92 Å². The second-order valence-electron chi connectivity index (χ2n) is 5.06. The lowest BCUT2D eigenvalue weighted by Gasteiger charge is -2.17. The second-order valence-corrected chi connectivity index (χ2v) is 5.06. The van der Waals surface area contributed by atoms with Gasteiger partial charge in [-0.1, -0.05) is 13.8 Å². The summed E-state index contributed by atoms with van der Waals surface area (Å²) in [6.07, 6.45) is -3.75. The highest BCUT2D eigenvalue weighted by atomic mass is 19.4. The highest BCUT2D eigenvalue weighted by molar-refractivity contribution is 5.75. The van der Waals surface area contributed by atoms with Crippen LogP contribution in [0.3, 0.4) is 0 Å². The van der Waals surface area contributed by atoms with Crippen molar-refractivity contribution in [2.24, 2.45) is 0 Å². The van der Waals surface area contributed by atoms with Crippen molar-refractivity contribution >= 4 is 5.91 Å². The Labute approximate surface area is 128 Å². The summed E-state index contributed by atoms with van der Waals surface area (Å²) in [6, 6.07) is 0.938. The van der Waals surface area contributed by atoms with E-state index in [1.807, 2.05) is 0 Å². The first-order valence-corrected chi connectivity index (χ1v) is 7.38. The van der Waals surface area contributed by atoms with Crippen LogP contribution in [0.2, 0.25) is 0 Å². The molecule has 22 heavy (non-hydrogen) atoms. The van der Waals surface area contributed by atoms with Crippen LogP contribution >= 0.6 is 0 Å². The Bertz CT molecular complexity index is 481. The molecule has 1 aromatic heterocycles. The van der Waals surface area contributed by atoms with Crippen LogP contribution in [-0.4, -0.2) is 46.8 Å². The lowest BCUT2D eigenvalue weighted by atomic mass is 10.3. The summed E-state index contributed by atoms with van der Waals surface area (Å²) in [6.45, 7) is 8.32. The van der Waals surface area contributed by atoms with Crippen molar-refractivity contribution in [2.75, 3.05) is 26.2 Å². The Balaban J connectivity index is 2.46. The lowest BCUT2D eigenvalue weighted by molar-refractivity contribution is -0.144. The van der Waals surface area contributed by atoms with Gasteiger partial charge in [-0.3, -0.25) is 9.48 Å². The Morgan fingerprint density at radius 1 is 1.36 bits per heavy atom. The minimum absolute atomic E-state index is 0.238. The smallest absolute Gasteiger partial charge is 0.354 e. The van der Waals surface area contributed by atoms with Gasteiger partial charge in [0.25, 0.3) is 0 Å². The third kappa shape index (κ3) is 5.67. The van der Waals surface area contributed by atoms with Gasteiger partial charge < -0.3 is 10.2 Å². The van der Waals surface area contributed by atoms with Crippen LogP contribution in [0.1, 0.15) is 31.7 Å². The molecule has 5 nitrogen and oxygen atoms in total. The molecule has 0 aliphatic heterocycles. The SMILES string of the molecule is CCN(CC)CCCNC(=O)Cn1nc(C)cc1C(F)(F)F. The molecular weight excluding hydrogens is 297 g/mol. The fourth-order valence-electron chi connectivity index (χ4n) is 2.16. The number of hydrogen-bond donors (Lipinski definition) is 1. The third-order valence-corrected chi connectivity index (χ3v) is 3.35. The summed E-state index contributed by atoms with van der Waals surface area (Å²) in [4.78, 5) is 13.9. The van der Waals surface area contributed by atoms with Gasteiger partial charge in [0.2, 0.25) is 5.91 Å². The average Bonchev–Trinajstić information content (AvgIpc) is 2.80. The zero-order chi connectivity index (χ0) is 16.8. The molecule has 0 atom stereocenters. The molecule has 0 saturated carbocycles. The predicted octanol–water partition coefficient (Wildman–Crippen LogP) is 2.06. The van der Waals surface area contributed by atoms with Crippen LogP contribution in [0.4, 0.5) is 13.2 Å². The highest BCUT2D eigenvalue weighted by Crippen LogP contribution is 2.29. The number of aryl methyl sites for hydroxylation is 1. The van der Waals surface area contributed by atoms with Crippen LogP contribution in [0.15, 0.2) is 6.07 Å². The zero-order valence-corrected chi connectivity index (χ0v) is 13.2. The molecule has 0 aliphatic carbocycles. The molecule has 0 radical (unpaired) electrons. The number of rotatable bonds is 8. The first-order chi connectivity index (χ1) is 10.3. The molecule has 0 saturated heterocycles. The molecule has 0 spiro atoms. The van der Waals surface area contributed by atoms with E-state index >= 15 is 0 Å². The Hall–Kier alpha value is -1.57. The summed E-state index contributed by atoms with van der Waals surface area (Å²) in [7, 11) is 0. The van der Waals surface area contributed by atoms with Gasteiger partial charge in [0.15, 0.2) is 0 Å². The number of nitrogens with one attached hydrogen (secondary N) is 1. The molecule has 0 unspecified atom stereocenters. The molecule has 0 aliphatic rings. The minimum atomic E-state index is -4.51. The van der Waals surface area contributed by atoms with Crippen molar-refractivity contribution < 1.29 is 18.0 Å². The number of aromatic nitrogens is 2. The van der Waals surface area contributed by atoms with Crippen molar-refractivity contribution in [2.45, 2.75) is 39.9 Å². The van der Waals surface area contributed by atoms with Gasteiger partial charge in [-0.2, -0.15) is 18.3 Å². The number of amides is 1. The number of carbonyl (C=O) groups is 1. The van der Waals surface area contributed by atoms with Crippen LogP contribution in [-0.2, 0) is 17.5 Å². The van der Waals surface area contributed by atoms with Gasteiger partial charge in [0.1, 0.15) is 12.2 Å². The minimum Gasteiger partial charge on any atom is -0.354 e.